The highest BCUT2D eigenvalue weighted by atomic mass is 35.5. The Kier molecular flexibility index (Phi) is 6.25. The van der Waals surface area contributed by atoms with Gasteiger partial charge in [-0.3, -0.25) is 4.79 Å². The molecule has 1 atom stereocenters. The van der Waals surface area contributed by atoms with E-state index < -0.39 is 0 Å². The lowest BCUT2D eigenvalue weighted by Crippen LogP contribution is -2.25. The molecule has 1 saturated heterocycles. The Hall–Kier alpha value is -1.78. The van der Waals surface area contributed by atoms with Crippen molar-refractivity contribution in [2.24, 2.45) is 5.92 Å². The molecule has 1 heterocycles. The second-order valence-corrected chi connectivity index (χ2v) is 5.89. The highest BCUT2D eigenvalue weighted by molar-refractivity contribution is 5.85. The summed E-state index contributed by atoms with van der Waals surface area (Å²) in [5.41, 5.74) is 1.12. The van der Waals surface area contributed by atoms with Crippen molar-refractivity contribution in [2.45, 2.75) is 19.4 Å². The molecule has 1 aliphatic rings. The minimum atomic E-state index is 0. The van der Waals surface area contributed by atoms with E-state index in [2.05, 4.69) is 28.8 Å². The van der Waals surface area contributed by atoms with Gasteiger partial charge in [0.05, 0.1) is 7.11 Å². The number of amides is 1. The Morgan fingerprint density at radius 2 is 2.04 bits per heavy atom. The average molecular weight is 335 g/mol. The SMILES string of the molecule is COc1ccc2cc(CNC(=O)CC3CCNC3)ccc2c1.Cl. The number of methoxy groups -OCH3 is 1. The summed E-state index contributed by atoms with van der Waals surface area (Å²) in [4.78, 5) is 12.0. The Bertz CT molecular complexity index is 669. The van der Waals surface area contributed by atoms with Gasteiger partial charge in [-0.25, -0.2) is 0 Å². The predicted octanol–water partition coefficient (Wildman–Crippen LogP) is 2.89. The van der Waals surface area contributed by atoms with Gasteiger partial charge in [0.1, 0.15) is 5.75 Å². The molecule has 0 aromatic heterocycles. The van der Waals surface area contributed by atoms with Crippen molar-refractivity contribution >= 4 is 29.1 Å². The van der Waals surface area contributed by atoms with Crippen LogP contribution >= 0.6 is 12.4 Å². The van der Waals surface area contributed by atoms with E-state index in [0.29, 0.717) is 18.9 Å². The van der Waals surface area contributed by atoms with Crippen LogP contribution in [0.25, 0.3) is 10.8 Å². The molecule has 0 saturated carbocycles. The molecule has 2 aromatic carbocycles. The quantitative estimate of drug-likeness (QED) is 0.884. The van der Waals surface area contributed by atoms with Gasteiger partial charge in [-0.2, -0.15) is 0 Å². The molecule has 23 heavy (non-hydrogen) atoms. The minimum Gasteiger partial charge on any atom is -0.497 e. The zero-order valence-corrected chi connectivity index (χ0v) is 14.1. The fraction of sp³-hybridized carbons (Fsp3) is 0.389. The molecule has 0 aliphatic carbocycles. The molecule has 1 fully saturated rings. The van der Waals surface area contributed by atoms with Crippen LogP contribution in [0, 0.1) is 5.92 Å². The smallest absolute Gasteiger partial charge is 0.220 e. The first-order chi connectivity index (χ1) is 10.7. The second-order valence-electron chi connectivity index (χ2n) is 5.89. The largest absolute Gasteiger partial charge is 0.497 e. The van der Waals surface area contributed by atoms with Crippen molar-refractivity contribution in [1.29, 1.82) is 0 Å². The van der Waals surface area contributed by atoms with Crippen LogP contribution in [0.5, 0.6) is 5.75 Å². The molecule has 0 radical (unpaired) electrons. The normalized spacial score (nSPS) is 16.8. The third kappa shape index (κ3) is 4.60. The first-order valence-electron chi connectivity index (χ1n) is 7.79. The van der Waals surface area contributed by atoms with E-state index in [-0.39, 0.29) is 18.3 Å². The van der Waals surface area contributed by atoms with Crippen LogP contribution < -0.4 is 15.4 Å². The number of nitrogens with one attached hydrogen (secondary N) is 2. The number of hydrogen-bond donors (Lipinski definition) is 2. The molecule has 2 aromatic rings. The second kappa shape index (κ2) is 8.18. The van der Waals surface area contributed by atoms with Crippen molar-refractivity contribution in [3.8, 4) is 5.75 Å². The molecule has 0 spiro atoms. The molecule has 2 N–H and O–H groups in total. The van der Waals surface area contributed by atoms with E-state index in [1.54, 1.807) is 7.11 Å². The molecule has 4 nitrogen and oxygen atoms in total. The average Bonchev–Trinajstić information content (AvgIpc) is 3.05. The zero-order valence-electron chi connectivity index (χ0n) is 13.3. The van der Waals surface area contributed by atoms with Crippen LogP contribution in [0.2, 0.25) is 0 Å². The molecule has 1 amide bonds. The van der Waals surface area contributed by atoms with Crippen LogP contribution in [0.3, 0.4) is 0 Å². The highest BCUT2D eigenvalue weighted by Gasteiger charge is 2.17. The summed E-state index contributed by atoms with van der Waals surface area (Å²) < 4.78 is 5.23. The maximum atomic E-state index is 12.0. The molecule has 124 valence electrons. The van der Waals surface area contributed by atoms with E-state index in [0.717, 1.165) is 41.6 Å². The molecular formula is C18H23ClN2O2. The number of rotatable bonds is 5. The number of halogens is 1. The third-order valence-corrected chi connectivity index (χ3v) is 4.24. The van der Waals surface area contributed by atoms with E-state index in [1.807, 2.05) is 18.2 Å². The van der Waals surface area contributed by atoms with Gasteiger partial charge in [0.15, 0.2) is 0 Å². The first-order valence-corrected chi connectivity index (χ1v) is 7.79. The van der Waals surface area contributed by atoms with Crippen molar-refractivity contribution in [2.75, 3.05) is 20.2 Å². The maximum Gasteiger partial charge on any atom is 0.220 e. The van der Waals surface area contributed by atoms with Crippen LogP contribution in [0.4, 0.5) is 0 Å². The standard InChI is InChI=1S/C18H22N2O2.ClH/c1-22-17-5-4-15-8-13(2-3-16(15)10-17)12-20-18(21)9-14-6-7-19-11-14;/h2-5,8,10,14,19H,6-7,9,11-12H2,1H3,(H,20,21);1H. The number of ether oxygens (including phenoxy) is 1. The van der Waals surface area contributed by atoms with E-state index in [1.165, 1.54) is 0 Å². The summed E-state index contributed by atoms with van der Waals surface area (Å²) in [7, 11) is 1.67. The topological polar surface area (TPSA) is 50.4 Å². The number of hydrogen-bond acceptors (Lipinski definition) is 3. The number of fused-ring (bicyclic) bond motifs is 1. The minimum absolute atomic E-state index is 0. The van der Waals surface area contributed by atoms with Crippen molar-refractivity contribution in [1.82, 2.24) is 10.6 Å². The van der Waals surface area contributed by atoms with Gasteiger partial charge in [-0.15, -0.1) is 12.4 Å². The highest BCUT2D eigenvalue weighted by Crippen LogP contribution is 2.22. The Morgan fingerprint density at radius 3 is 2.78 bits per heavy atom. The van der Waals surface area contributed by atoms with E-state index in [4.69, 9.17) is 4.74 Å². The number of carbonyl (C=O) groups is 1. The van der Waals surface area contributed by atoms with Crippen LogP contribution in [-0.2, 0) is 11.3 Å². The summed E-state index contributed by atoms with van der Waals surface area (Å²) in [5, 5.41) is 8.62. The molecule has 1 unspecified atom stereocenters. The number of benzene rings is 2. The summed E-state index contributed by atoms with van der Waals surface area (Å²) in [6.07, 6.45) is 1.73. The lowest BCUT2D eigenvalue weighted by molar-refractivity contribution is -0.122. The summed E-state index contributed by atoms with van der Waals surface area (Å²) in [5.74, 6) is 1.49. The fourth-order valence-corrected chi connectivity index (χ4v) is 2.93. The summed E-state index contributed by atoms with van der Waals surface area (Å²) in [6, 6.07) is 12.3. The predicted molar refractivity (Wildman–Crippen MR) is 95.2 cm³/mol. The van der Waals surface area contributed by atoms with Crippen LogP contribution in [0.15, 0.2) is 36.4 Å². The van der Waals surface area contributed by atoms with E-state index in [9.17, 15) is 4.79 Å². The van der Waals surface area contributed by atoms with Gasteiger partial charge < -0.3 is 15.4 Å². The molecule has 0 bridgehead atoms. The summed E-state index contributed by atoms with van der Waals surface area (Å²) in [6.45, 7) is 2.58. The van der Waals surface area contributed by atoms with Gasteiger partial charge in [0, 0.05) is 13.0 Å². The maximum absolute atomic E-state index is 12.0. The lowest BCUT2D eigenvalue weighted by atomic mass is 10.0. The van der Waals surface area contributed by atoms with Gasteiger partial charge in [0.25, 0.3) is 0 Å². The molecule has 1 aliphatic heterocycles. The van der Waals surface area contributed by atoms with Gasteiger partial charge >= 0.3 is 0 Å². The van der Waals surface area contributed by atoms with Crippen LogP contribution in [-0.4, -0.2) is 26.1 Å². The van der Waals surface area contributed by atoms with Gasteiger partial charge in [0.2, 0.25) is 5.91 Å². The third-order valence-electron chi connectivity index (χ3n) is 4.24. The Balaban J connectivity index is 0.00000192. The van der Waals surface area contributed by atoms with Crippen LogP contribution in [0.1, 0.15) is 18.4 Å². The number of carbonyl (C=O) groups excluding carboxylic acids is 1. The molecule has 5 heteroatoms. The Labute approximate surface area is 143 Å². The fourth-order valence-electron chi connectivity index (χ4n) is 2.93. The first kappa shape index (κ1) is 17.6. The van der Waals surface area contributed by atoms with Crippen molar-refractivity contribution in [3.05, 3.63) is 42.0 Å². The van der Waals surface area contributed by atoms with E-state index >= 15 is 0 Å². The zero-order chi connectivity index (χ0) is 15.4. The van der Waals surface area contributed by atoms with Crippen molar-refractivity contribution < 1.29 is 9.53 Å². The summed E-state index contributed by atoms with van der Waals surface area (Å²) >= 11 is 0. The monoisotopic (exact) mass is 334 g/mol. The van der Waals surface area contributed by atoms with Gasteiger partial charge in [-0.1, -0.05) is 18.2 Å². The molecular weight excluding hydrogens is 312 g/mol. The Morgan fingerprint density at radius 1 is 1.26 bits per heavy atom. The van der Waals surface area contributed by atoms with Crippen molar-refractivity contribution in [3.63, 3.8) is 0 Å². The lowest BCUT2D eigenvalue weighted by Gasteiger charge is -2.10. The molecule has 3 rings (SSSR count). The van der Waals surface area contributed by atoms with Gasteiger partial charge in [-0.05, 0) is 60.0 Å².